The molecule has 4 nitrogen and oxygen atoms in total. The smallest absolute Gasteiger partial charge is 0.278 e. The lowest BCUT2D eigenvalue weighted by atomic mass is 10.1. The molecule has 1 heterocycles. The number of nitrogens with zero attached hydrogens (tertiary/aromatic N) is 1. The van der Waals surface area contributed by atoms with E-state index in [-0.39, 0.29) is 5.04 Å². The molecule has 0 aliphatic carbocycles. The van der Waals surface area contributed by atoms with Crippen LogP contribution in [0.15, 0.2) is 29.3 Å². The van der Waals surface area contributed by atoms with E-state index in [1.54, 1.807) is 31.2 Å². The first-order chi connectivity index (χ1) is 9.50. The topological polar surface area (TPSA) is 58.6 Å². The van der Waals surface area contributed by atoms with Crippen molar-refractivity contribution in [2.45, 2.75) is 25.4 Å². The molecule has 1 atom stereocenters. The van der Waals surface area contributed by atoms with Crippen LogP contribution in [0.5, 0.6) is 0 Å². The Morgan fingerprint density at radius 1 is 1.40 bits per heavy atom. The fourth-order valence-electron chi connectivity index (χ4n) is 1.93. The van der Waals surface area contributed by atoms with Crippen LogP contribution < -0.4 is 10.3 Å². The second-order valence-corrected chi connectivity index (χ2v) is 5.72. The standard InChI is InChI=1S/C14H18ClN3OS/c1-14(19,12-16-8-2-3-9-17-12)13(20)18-11-6-4-10(15)5-7-11/h4-7,19H,2-3,8-9H2,1H3,(H,16,17)(H,18,20). The van der Waals surface area contributed by atoms with Crippen LogP contribution in [-0.2, 0) is 12.6 Å². The minimum atomic E-state index is -1.31. The number of hydrogen-bond donors (Lipinski definition) is 3. The summed E-state index contributed by atoms with van der Waals surface area (Å²) in [5.74, 6) is 0.623. The number of halogens is 1. The SMILES string of the molecule is CC(O)(C([S-])=Nc1ccc(Cl)cc1)C1=[NH+]CCCCN1. The van der Waals surface area contributed by atoms with E-state index in [4.69, 9.17) is 24.2 Å². The van der Waals surface area contributed by atoms with Gasteiger partial charge in [-0.2, -0.15) is 0 Å². The fourth-order valence-corrected chi connectivity index (χ4v) is 2.27. The van der Waals surface area contributed by atoms with Crippen molar-refractivity contribution in [3.63, 3.8) is 0 Å². The van der Waals surface area contributed by atoms with Gasteiger partial charge in [-0.1, -0.05) is 16.6 Å². The van der Waals surface area contributed by atoms with Crippen molar-refractivity contribution in [2.75, 3.05) is 13.1 Å². The summed E-state index contributed by atoms with van der Waals surface area (Å²) in [6, 6.07) is 7.02. The minimum Gasteiger partial charge on any atom is -0.761 e. The molecule has 1 aromatic rings. The number of aliphatic imine (C=N–C) groups is 1. The molecular weight excluding hydrogens is 294 g/mol. The lowest BCUT2D eigenvalue weighted by molar-refractivity contribution is -0.462. The second-order valence-electron chi connectivity index (χ2n) is 4.90. The van der Waals surface area contributed by atoms with Gasteiger partial charge in [0, 0.05) is 5.02 Å². The molecule has 0 spiro atoms. The van der Waals surface area contributed by atoms with Crippen molar-refractivity contribution in [1.29, 1.82) is 0 Å². The molecule has 0 bridgehead atoms. The Morgan fingerprint density at radius 2 is 2.10 bits per heavy atom. The molecule has 0 amide bonds. The predicted molar refractivity (Wildman–Crippen MR) is 84.6 cm³/mol. The van der Waals surface area contributed by atoms with E-state index in [1.807, 2.05) is 0 Å². The lowest BCUT2D eigenvalue weighted by Crippen LogP contribution is -2.80. The Morgan fingerprint density at radius 3 is 2.80 bits per heavy atom. The molecule has 0 fully saturated rings. The largest absolute Gasteiger partial charge is 0.761 e. The van der Waals surface area contributed by atoms with Gasteiger partial charge in [0.1, 0.15) is 0 Å². The van der Waals surface area contributed by atoms with Crippen LogP contribution in [0.25, 0.3) is 0 Å². The number of hydrogen-bond acceptors (Lipinski definition) is 4. The summed E-state index contributed by atoms with van der Waals surface area (Å²) in [6.07, 6.45) is 2.13. The third-order valence-electron chi connectivity index (χ3n) is 3.17. The van der Waals surface area contributed by atoms with Crippen molar-refractivity contribution in [2.24, 2.45) is 4.99 Å². The van der Waals surface area contributed by atoms with E-state index in [2.05, 4.69) is 15.3 Å². The molecule has 1 aliphatic rings. The highest BCUT2D eigenvalue weighted by molar-refractivity contribution is 7.78. The molecule has 3 N–H and O–H groups in total. The van der Waals surface area contributed by atoms with Gasteiger partial charge in [0.15, 0.2) is 5.60 Å². The predicted octanol–water partition coefficient (Wildman–Crippen LogP) is 0.530. The molecule has 6 heteroatoms. The Hall–Kier alpha value is -1.17. The van der Waals surface area contributed by atoms with Crippen LogP contribution in [0.2, 0.25) is 5.02 Å². The summed E-state index contributed by atoms with van der Waals surface area (Å²) in [4.78, 5) is 7.48. The van der Waals surface area contributed by atoms with Gasteiger partial charge in [-0.25, -0.2) is 0 Å². The molecule has 0 saturated heterocycles. The zero-order chi connectivity index (χ0) is 14.6. The number of rotatable bonds is 3. The van der Waals surface area contributed by atoms with Gasteiger partial charge < -0.3 is 17.7 Å². The van der Waals surface area contributed by atoms with Gasteiger partial charge in [-0.05, 0) is 44.0 Å². The molecule has 0 radical (unpaired) electrons. The van der Waals surface area contributed by atoms with E-state index in [9.17, 15) is 5.11 Å². The Kier molecular flexibility index (Phi) is 4.96. The molecule has 1 unspecified atom stereocenters. The highest BCUT2D eigenvalue weighted by Crippen LogP contribution is 2.18. The van der Waals surface area contributed by atoms with Crippen LogP contribution in [0.4, 0.5) is 5.69 Å². The molecule has 1 aromatic carbocycles. The van der Waals surface area contributed by atoms with Gasteiger partial charge >= 0.3 is 0 Å². The summed E-state index contributed by atoms with van der Waals surface area (Å²) in [6.45, 7) is 3.29. The summed E-state index contributed by atoms with van der Waals surface area (Å²) in [5.41, 5.74) is -0.631. The van der Waals surface area contributed by atoms with Crippen molar-refractivity contribution >= 4 is 40.8 Å². The lowest BCUT2D eigenvalue weighted by Gasteiger charge is -2.27. The minimum absolute atomic E-state index is 0.219. The van der Waals surface area contributed by atoms with E-state index >= 15 is 0 Å². The molecule has 0 saturated carbocycles. The van der Waals surface area contributed by atoms with Gasteiger partial charge in [-0.15, -0.1) is 0 Å². The highest BCUT2D eigenvalue weighted by atomic mass is 35.5. The first-order valence-electron chi connectivity index (χ1n) is 6.59. The first-order valence-corrected chi connectivity index (χ1v) is 7.38. The Labute approximate surface area is 129 Å². The van der Waals surface area contributed by atoms with Gasteiger partial charge in [0.25, 0.3) is 5.84 Å². The molecular formula is C14H18ClN3OS. The summed E-state index contributed by atoms with van der Waals surface area (Å²) in [5, 5.41) is 14.7. The molecule has 0 aromatic heterocycles. The third-order valence-corrected chi connectivity index (χ3v) is 3.91. The fraction of sp³-hybridized carbons (Fsp3) is 0.429. The van der Waals surface area contributed by atoms with Gasteiger partial charge in [0.05, 0.1) is 18.8 Å². The van der Waals surface area contributed by atoms with Gasteiger partial charge in [-0.3, -0.25) is 15.3 Å². The second kappa shape index (κ2) is 6.52. The van der Waals surface area contributed by atoms with Crippen LogP contribution in [0.3, 0.4) is 0 Å². The van der Waals surface area contributed by atoms with E-state index in [0.717, 1.165) is 25.9 Å². The van der Waals surface area contributed by atoms with E-state index < -0.39 is 5.60 Å². The van der Waals surface area contributed by atoms with Crippen LogP contribution in [-0.4, -0.2) is 34.7 Å². The summed E-state index contributed by atoms with van der Waals surface area (Å²) < 4.78 is 0. The molecule has 20 heavy (non-hydrogen) atoms. The van der Waals surface area contributed by atoms with Crippen molar-refractivity contribution in [1.82, 2.24) is 5.32 Å². The van der Waals surface area contributed by atoms with E-state index in [1.165, 1.54) is 0 Å². The van der Waals surface area contributed by atoms with Crippen LogP contribution >= 0.6 is 11.6 Å². The Balaban J connectivity index is 2.23. The van der Waals surface area contributed by atoms with Gasteiger partial charge in [0.2, 0.25) is 0 Å². The number of benzene rings is 1. The average Bonchev–Trinajstić information content (AvgIpc) is 2.70. The molecule has 1 aliphatic heterocycles. The van der Waals surface area contributed by atoms with Crippen molar-refractivity contribution in [3.05, 3.63) is 29.3 Å². The quantitative estimate of drug-likeness (QED) is 0.434. The average molecular weight is 312 g/mol. The summed E-state index contributed by atoms with van der Waals surface area (Å²) >= 11 is 11.1. The van der Waals surface area contributed by atoms with Crippen LogP contribution in [0, 0.1) is 0 Å². The summed E-state index contributed by atoms with van der Waals surface area (Å²) in [7, 11) is 0. The first kappa shape index (κ1) is 15.2. The number of aliphatic hydroxyl groups is 1. The van der Waals surface area contributed by atoms with Crippen molar-refractivity contribution in [3.8, 4) is 0 Å². The number of amidine groups is 1. The highest BCUT2D eigenvalue weighted by Gasteiger charge is 2.33. The monoisotopic (exact) mass is 311 g/mol. The normalized spacial score (nSPS) is 19.6. The Bertz CT molecular complexity index is 526. The zero-order valence-electron chi connectivity index (χ0n) is 11.3. The third kappa shape index (κ3) is 3.69. The number of nitrogens with one attached hydrogen (secondary N) is 2. The maximum Gasteiger partial charge on any atom is 0.278 e. The zero-order valence-corrected chi connectivity index (χ0v) is 12.9. The maximum absolute atomic E-state index is 10.6. The van der Waals surface area contributed by atoms with Crippen LogP contribution in [0.1, 0.15) is 19.8 Å². The van der Waals surface area contributed by atoms with E-state index in [0.29, 0.717) is 16.5 Å². The molecule has 2 rings (SSSR count). The maximum atomic E-state index is 10.6. The molecule has 108 valence electrons. The van der Waals surface area contributed by atoms with Crippen molar-refractivity contribution < 1.29 is 10.1 Å².